The molecule has 0 aliphatic heterocycles. The average Bonchev–Trinajstić information content (AvgIpc) is 2.34. The molecular weight excluding hydrogens is 314 g/mol. The zero-order valence-corrected chi connectivity index (χ0v) is 14.7. The largest absolute Gasteiger partial charge is 0.456 e. The van der Waals surface area contributed by atoms with Crippen molar-refractivity contribution in [3.8, 4) is 11.3 Å². The number of hydrogen-bond acceptors (Lipinski definition) is 5. The van der Waals surface area contributed by atoms with Crippen molar-refractivity contribution in [2.45, 2.75) is 40.2 Å². The first-order valence-corrected chi connectivity index (χ1v) is 7.59. The molecule has 0 bridgehead atoms. The molecule has 0 unspecified atom stereocenters. The minimum atomic E-state index is -0.558. The zero-order valence-electron chi connectivity index (χ0n) is 13.9. The predicted molar refractivity (Wildman–Crippen MR) is 91.5 cm³/mol. The summed E-state index contributed by atoms with van der Waals surface area (Å²) < 4.78 is 5.46. The summed E-state index contributed by atoms with van der Waals surface area (Å²) in [6.07, 6.45) is 0. The Morgan fingerprint density at radius 1 is 1.13 bits per heavy atom. The molecule has 5 nitrogen and oxygen atoms in total. The van der Waals surface area contributed by atoms with Crippen LogP contribution in [0.25, 0.3) is 11.3 Å². The summed E-state index contributed by atoms with van der Waals surface area (Å²) in [6.45, 7) is 9.31. The molecule has 1 heterocycles. The maximum atomic E-state index is 12.4. The Morgan fingerprint density at radius 3 is 2.35 bits per heavy atom. The number of carbonyl (C=O) groups excluding carboxylic acids is 1. The van der Waals surface area contributed by atoms with E-state index in [9.17, 15) is 4.79 Å². The van der Waals surface area contributed by atoms with Crippen molar-refractivity contribution in [1.29, 1.82) is 0 Å². The van der Waals surface area contributed by atoms with Gasteiger partial charge in [-0.15, -0.1) is 0 Å². The Kier molecular flexibility index (Phi) is 4.61. The number of nitrogen functional groups attached to an aromatic ring is 1. The predicted octanol–water partition coefficient (Wildman–Crippen LogP) is 3.95. The van der Waals surface area contributed by atoms with E-state index < -0.39 is 5.60 Å². The number of hydrogen-bond donors (Lipinski definition) is 1. The highest BCUT2D eigenvalue weighted by Gasteiger charge is 2.21. The van der Waals surface area contributed by atoms with E-state index >= 15 is 0 Å². The van der Waals surface area contributed by atoms with Crippen LogP contribution in [0.2, 0.25) is 5.15 Å². The van der Waals surface area contributed by atoms with Crippen LogP contribution in [-0.2, 0) is 4.74 Å². The monoisotopic (exact) mass is 333 g/mol. The molecule has 6 heteroatoms. The molecular formula is C17H20ClN3O2. The van der Waals surface area contributed by atoms with Crippen molar-refractivity contribution in [3.05, 3.63) is 40.0 Å². The average molecular weight is 334 g/mol. The summed E-state index contributed by atoms with van der Waals surface area (Å²) in [5.74, 6) is -0.282. The maximum Gasteiger partial charge on any atom is 0.338 e. The molecule has 1 aromatic carbocycles. The molecule has 0 saturated carbocycles. The van der Waals surface area contributed by atoms with Gasteiger partial charge in [-0.1, -0.05) is 17.7 Å². The van der Waals surface area contributed by atoms with Gasteiger partial charge in [-0.3, -0.25) is 0 Å². The molecule has 0 amide bonds. The summed E-state index contributed by atoms with van der Waals surface area (Å²) in [6, 6.07) is 5.30. The number of rotatable bonds is 2. The molecule has 0 aliphatic rings. The molecule has 0 spiro atoms. The summed E-state index contributed by atoms with van der Waals surface area (Å²) >= 11 is 5.95. The normalized spacial score (nSPS) is 11.4. The molecule has 2 aromatic rings. The first kappa shape index (κ1) is 17.2. The lowest BCUT2D eigenvalue weighted by Crippen LogP contribution is -2.24. The number of carbonyl (C=O) groups is 1. The van der Waals surface area contributed by atoms with Gasteiger partial charge < -0.3 is 10.5 Å². The molecule has 0 radical (unpaired) electrons. The van der Waals surface area contributed by atoms with E-state index in [0.717, 1.165) is 16.7 Å². The number of nitrogens with zero attached hydrogens (tertiary/aromatic N) is 2. The van der Waals surface area contributed by atoms with Crippen molar-refractivity contribution < 1.29 is 9.53 Å². The minimum absolute atomic E-state index is 0.0892. The van der Waals surface area contributed by atoms with E-state index in [1.54, 1.807) is 12.1 Å². The number of ether oxygens (including phenoxy) is 1. The molecule has 0 atom stereocenters. The van der Waals surface area contributed by atoms with E-state index in [4.69, 9.17) is 22.1 Å². The Morgan fingerprint density at radius 2 is 1.78 bits per heavy atom. The van der Waals surface area contributed by atoms with Gasteiger partial charge in [0.05, 0.1) is 11.3 Å². The molecule has 2 N–H and O–H groups in total. The second-order valence-electron chi connectivity index (χ2n) is 6.42. The highest BCUT2D eigenvalue weighted by molar-refractivity contribution is 6.29. The van der Waals surface area contributed by atoms with Gasteiger partial charge in [-0.2, -0.15) is 0 Å². The van der Waals surface area contributed by atoms with Gasteiger partial charge in [0, 0.05) is 11.6 Å². The third kappa shape index (κ3) is 4.20. The highest BCUT2D eigenvalue weighted by atomic mass is 35.5. The van der Waals surface area contributed by atoms with Gasteiger partial charge >= 0.3 is 5.97 Å². The van der Waals surface area contributed by atoms with Gasteiger partial charge in [0.1, 0.15) is 10.8 Å². The minimum Gasteiger partial charge on any atom is -0.456 e. The smallest absolute Gasteiger partial charge is 0.338 e. The number of benzene rings is 1. The lowest BCUT2D eigenvalue weighted by atomic mass is 9.97. The fourth-order valence-corrected chi connectivity index (χ4v) is 2.44. The Hall–Kier alpha value is -2.14. The van der Waals surface area contributed by atoms with E-state index in [2.05, 4.69) is 9.97 Å². The molecule has 23 heavy (non-hydrogen) atoms. The van der Waals surface area contributed by atoms with E-state index in [1.165, 1.54) is 0 Å². The third-order valence-corrected chi connectivity index (χ3v) is 3.37. The van der Waals surface area contributed by atoms with Crippen molar-refractivity contribution in [1.82, 2.24) is 9.97 Å². The van der Waals surface area contributed by atoms with Gasteiger partial charge in [0.2, 0.25) is 5.95 Å². The number of aryl methyl sites for hydroxylation is 2. The number of esters is 1. The van der Waals surface area contributed by atoms with Gasteiger partial charge in [0.25, 0.3) is 0 Å². The lowest BCUT2D eigenvalue weighted by Gasteiger charge is -2.21. The lowest BCUT2D eigenvalue weighted by molar-refractivity contribution is 0.00688. The molecule has 0 saturated heterocycles. The number of halogens is 1. The summed E-state index contributed by atoms with van der Waals surface area (Å²) in [5.41, 5.74) is 8.74. The van der Waals surface area contributed by atoms with Crippen molar-refractivity contribution in [2.24, 2.45) is 0 Å². The Labute approximate surface area is 140 Å². The Bertz CT molecular complexity index is 747. The van der Waals surface area contributed by atoms with Crippen LogP contribution < -0.4 is 5.73 Å². The first-order chi connectivity index (χ1) is 10.6. The van der Waals surface area contributed by atoms with E-state index in [0.29, 0.717) is 11.3 Å². The molecule has 2 rings (SSSR count). The van der Waals surface area contributed by atoms with Crippen LogP contribution in [0.4, 0.5) is 5.95 Å². The van der Waals surface area contributed by atoms with Crippen LogP contribution in [0.15, 0.2) is 18.2 Å². The standard InChI is InChI=1S/C17H20ClN3O2/c1-9-6-10(2)12(15(22)23-17(3,4)5)7-11(9)13-8-14(18)21-16(19)20-13/h6-8H,1-5H3,(H2,19,20,21). The quantitative estimate of drug-likeness (QED) is 0.665. The van der Waals surface area contributed by atoms with Crippen LogP contribution in [0.1, 0.15) is 42.3 Å². The third-order valence-electron chi connectivity index (χ3n) is 3.18. The number of aromatic nitrogens is 2. The summed E-state index contributed by atoms with van der Waals surface area (Å²) in [4.78, 5) is 20.5. The SMILES string of the molecule is Cc1cc(C)c(-c2cc(Cl)nc(N)n2)cc1C(=O)OC(C)(C)C. The van der Waals surface area contributed by atoms with Crippen LogP contribution >= 0.6 is 11.6 Å². The number of anilines is 1. The van der Waals surface area contributed by atoms with Crippen molar-refractivity contribution >= 4 is 23.5 Å². The van der Waals surface area contributed by atoms with Crippen LogP contribution in [-0.4, -0.2) is 21.5 Å². The van der Waals surface area contributed by atoms with Crippen molar-refractivity contribution in [2.75, 3.05) is 5.73 Å². The van der Waals surface area contributed by atoms with Gasteiger partial charge in [-0.25, -0.2) is 14.8 Å². The van der Waals surface area contributed by atoms with E-state index in [1.807, 2.05) is 40.7 Å². The summed E-state index contributed by atoms with van der Waals surface area (Å²) in [7, 11) is 0. The second kappa shape index (κ2) is 6.16. The van der Waals surface area contributed by atoms with Gasteiger partial charge in [-0.05, 0) is 51.8 Å². The van der Waals surface area contributed by atoms with Crippen LogP contribution in [0, 0.1) is 13.8 Å². The van der Waals surface area contributed by atoms with Crippen LogP contribution in [0.5, 0.6) is 0 Å². The van der Waals surface area contributed by atoms with Gasteiger partial charge in [0.15, 0.2) is 0 Å². The highest BCUT2D eigenvalue weighted by Crippen LogP contribution is 2.28. The second-order valence-corrected chi connectivity index (χ2v) is 6.81. The topological polar surface area (TPSA) is 78.1 Å². The fourth-order valence-electron chi connectivity index (χ4n) is 2.25. The fraction of sp³-hybridized carbons (Fsp3) is 0.353. The maximum absolute atomic E-state index is 12.4. The molecule has 122 valence electrons. The molecule has 1 aromatic heterocycles. The van der Waals surface area contributed by atoms with E-state index in [-0.39, 0.29) is 17.1 Å². The first-order valence-electron chi connectivity index (χ1n) is 7.22. The summed E-state index contributed by atoms with van der Waals surface area (Å²) in [5, 5.41) is 0.256. The van der Waals surface area contributed by atoms with Crippen LogP contribution in [0.3, 0.4) is 0 Å². The molecule has 0 aliphatic carbocycles. The Balaban J connectivity index is 2.54. The zero-order chi connectivity index (χ0) is 17.4. The number of nitrogens with two attached hydrogens (primary N) is 1. The van der Waals surface area contributed by atoms with Crippen molar-refractivity contribution in [3.63, 3.8) is 0 Å². The molecule has 0 fully saturated rings.